The summed E-state index contributed by atoms with van der Waals surface area (Å²) in [7, 11) is 0. The third-order valence-electron chi connectivity index (χ3n) is 6.89. The molecule has 3 aliphatic heterocycles. The summed E-state index contributed by atoms with van der Waals surface area (Å²) in [5.41, 5.74) is 3.77. The van der Waals surface area contributed by atoms with Gasteiger partial charge in [0.15, 0.2) is 11.6 Å². The summed E-state index contributed by atoms with van der Waals surface area (Å²) < 4.78 is 17.2. The Morgan fingerprint density at radius 2 is 2.08 bits per heavy atom. The highest BCUT2D eigenvalue weighted by molar-refractivity contribution is 6.33. The van der Waals surface area contributed by atoms with E-state index in [0.29, 0.717) is 41.3 Å². The van der Waals surface area contributed by atoms with E-state index in [-0.39, 0.29) is 18.2 Å². The van der Waals surface area contributed by atoms with Crippen molar-refractivity contribution in [1.29, 1.82) is 0 Å². The lowest BCUT2D eigenvalue weighted by Gasteiger charge is -2.36. The van der Waals surface area contributed by atoms with Crippen molar-refractivity contribution < 1.29 is 19.0 Å². The minimum absolute atomic E-state index is 0.00336. The Kier molecular flexibility index (Phi) is 6.33. The van der Waals surface area contributed by atoms with Crippen LogP contribution in [0, 0.1) is 6.92 Å². The maximum atomic E-state index is 13.7. The van der Waals surface area contributed by atoms with Gasteiger partial charge in [0, 0.05) is 48.5 Å². The van der Waals surface area contributed by atoms with Crippen LogP contribution in [0.5, 0.6) is 5.88 Å². The quantitative estimate of drug-likeness (QED) is 0.502. The number of hydrogen-bond donors (Lipinski definition) is 1. The first-order chi connectivity index (χ1) is 18.3. The Hall–Kier alpha value is -3.47. The molecule has 0 saturated carbocycles. The van der Waals surface area contributed by atoms with E-state index in [1.165, 1.54) is 0 Å². The van der Waals surface area contributed by atoms with E-state index in [1.54, 1.807) is 29.4 Å². The van der Waals surface area contributed by atoms with Gasteiger partial charge < -0.3 is 24.4 Å². The van der Waals surface area contributed by atoms with Crippen LogP contribution >= 0.6 is 11.6 Å². The lowest BCUT2D eigenvalue weighted by atomic mass is 10.1. The van der Waals surface area contributed by atoms with Gasteiger partial charge in [-0.15, -0.1) is 0 Å². The molecule has 11 heteroatoms. The van der Waals surface area contributed by atoms with Crippen LogP contribution in [0.25, 0.3) is 11.3 Å². The standard InChI is InChI=1S/C27H29ClN6O4/c1-16-10-17(4-7-29-16)24-21(28)12-22-25(32-24)34(19-6-9-33(22)13-19)26(35)31-18-5-8-30-23(11-18)36-14-20-15-37-27(2,3)38-20/h4-5,7-8,10-12,19-20H,6,9,13-15H2,1-3H3,(H,30,31,35)/t19-,20-/m0/s1. The van der Waals surface area contributed by atoms with Crippen molar-refractivity contribution in [2.45, 2.75) is 45.1 Å². The summed E-state index contributed by atoms with van der Waals surface area (Å²) in [6.45, 7) is 7.98. The van der Waals surface area contributed by atoms with E-state index in [0.717, 1.165) is 36.5 Å². The molecule has 38 heavy (non-hydrogen) atoms. The van der Waals surface area contributed by atoms with Crippen LogP contribution in [0.1, 0.15) is 26.0 Å². The first-order valence-electron chi connectivity index (χ1n) is 12.6. The summed E-state index contributed by atoms with van der Waals surface area (Å²) in [6, 6.07) is 8.88. The van der Waals surface area contributed by atoms with E-state index in [1.807, 2.05) is 39.0 Å². The number of carbonyl (C=O) groups excluding carboxylic acids is 1. The van der Waals surface area contributed by atoms with Gasteiger partial charge in [0.05, 0.1) is 29.1 Å². The van der Waals surface area contributed by atoms with Gasteiger partial charge in [0.25, 0.3) is 0 Å². The summed E-state index contributed by atoms with van der Waals surface area (Å²) in [4.78, 5) is 31.1. The normalized spacial score (nSPS) is 21.4. The van der Waals surface area contributed by atoms with Crippen LogP contribution < -0.4 is 19.9 Å². The molecule has 0 radical (unpaired) electrons. The van der Waals surface area contributed by atoms with Crippen LogP contribution in [-0.2, 0) is 9.47 Å². The molecule has 2 atom stereocenters. The molecule has 2 amide bonds. The average Bonchev–Trinajstić information content (AvgIpc) is 3.46. The number of carbonyl (C=O) groups is 1. The second-order valence-electron chi connectivity index (χ2n) is 10.2. The summed E-state index contributed by atoms with van der Waals surface area (Å²) in [5, 5.41) is 3.55. The van der Waals surface area contributed by atoms with Crippen molar-refractivity contribution >= 4 is 34.8 Å². The molecule has 0 unspecified atom stereocenters. The predicted octanol–water partition coefficient (Wildman–Crippen LogP) is 4.66. The molecule has 0 spiro atoms. The predicted molar refractivity (Wildman–Crippen MR) is 144 cm³/mol. The molecule has 198 valence electrons. The molecule has 0 aliphatic carbocycles. The second-order valence-corrected chi connectivity index (χ2v) is 10.6. The van der Waals surface area contributed by atoms with E-state index in [9.17, 15) is 4.79 Å². The van der Waals surface area contributed by atoms with Crippen LogP contribution in [0.15, 0.2) is 42.7 Å². The van der Waals surface area contributed by atoms with Crippen LogP contribution in [-0.4, -0.2) is 65.2 Å². The van der Waals surface area contributed by atoms with Crippen molar-refractivity contribution in [3.8, 4) is 17.1 Å². The molecule has 0 aromatic carbocycles. The van der Waals surface area contributed by atoms with Crippen LogP contribution in [0.2, 0.25) is 5.02 Å². The van der Waals surface area contributed by atoms with Crippen LogP contribution in [0.3, 0.4) is 0 Å². The molecule has 2 fully saturated rings. The van der Waals surface area contributed by atoms with Gasteiger partial charge >= 0.3 is 6.03 Å². The molecule has 3 aliphatic rings. The number of urea groups is 1. The van der Waals surface area contributed by atoms with E-state index >= 15 is 0 Å². The number of rotatable bonds is 5. The van der Waals surface area contributed by atoms with Gasteiger partial charge in [-0.2, -0.15) is 0 Å². The Morgan fingerprint density at radius 3 is 2.87 bits per heavy atom. The average molecular weight is 537 g/mol. The summed E-state index contributed by atoms with van der Waals surface area (Å²) in [5.74, 6) is 0.366. The number of aromatic nitrogens is 3. The highest BCUT2D eigenvalue weighted by Crippen LogP contribution is 2.43. The molecule has 3 aromatic heterocycles. The minimum atomic E-state index is -0.619. The molecular formula is C27H29ClN6O4. The third-order valence-corrected chi connectivity index (χ3v) is 7.18. The molecule has 2 saturated heterocycles. The van der Waals surface area contributed by atoms with Gasteiger partial charge in [0.2, 0.25) is 5.88 Å². The molecule has 6 heterocycles. The molecule has 10 nitrogen and oxygen atoms in total. The van der Waals surface area contributed by atoms with E-state index in [2.05, 4.69) is 20.2 Å². The fourth-order valence-corrected chi connectivity index (χ4v) is 5.41. The van der Waals surface area contributed by atoms with Crippen molar-refractivity contribution in [2.75, 3.05) is 41.4 Å². The number of nitrogens with one attached hydrogen (secondary N) is 1. The lowest BCUT2D eigenvalue weighted by molar-refractivity contribution is -0.141. The van der Waals surface area contributed by atoms with Gasteiger partial charge in [-0.1, -0.05) is 11.6 Å². The lowest BCUT2D eigenvalue weighted by Crippen LogP contribution is -2.48. The number of pyridine rings is 3. The highest BCUT2D eigenvalue weighted by Gasteiger charge is 2.41. The Balaban J connectivity index is 1.23. The monoisotopic (exact) mass is 536 g/mol. The maximum Gasteiger partial charge on any atom is 0.327 e. The number of fused-ring (bicyclic) bond motifs is 4. The first-order valence-corrected chi connectivity index (χ1v) is 13.0. The molecule has 6 rings (SSSR count). The topological polar surface area (TPSA) is 102 Å². The zero-order chi connectivity index (χ0) is 26.4. The number of anilines is 3. The largest absolute Gasteiger partial charge is 0.475 e. The second kappa shape index (κ2) is 9.68. The number of nitrogens with zero attached hydrogens (tertiary/aromatic N) is 5. The van der Waals surface area contributed by atoms with Crippen molar-refractivity contribution in [3.63, 3.8) is 0 Å². The number of halogens is 1. The molecule has 1 N–H and O–H groups in total. The zero-order valence-electron chi connectivity index (χ0n) is 21.5. The summed E-state index contributed by atoms with van der Waals surface area (Å²) in [6.07, 6.45) is 3.99. The highest BCUT2D eigenvalue weighted by atomic mass is 35.5. The minimum Gasteiger partial charge on any atom is -0.475 e. The van der Waals surface area contributed by atoms with Crippen molar-refractivity contribution in [1.82, 2.24) is 15.0 Å². The van der Waals surface area contributed by atoms with Gasteiger partial charge in [0.1, 0.15) is 12.7 Å². The fourth-order valence-electron chi connectivity index (χ4n) is 5.15. The number of ether oxygens (including phenoxy) is 3. The van der Waals surface area contributed by atoms with E-state index < -0.39 is 5.79 Å². The molecular weight excluding hydrogens is 508 g/mol. The van der Waals surface area contributed by atoms with Crippen molar-refractivity contribution in [2.24, 2.45) is 0 Å². The van der Waals surface area contributed by atoms with Crippen molar-refractivity contribution in [3.05, 3.63) is 53.4 Å². The third kappa shape index (κ3) is 4.87. The van der Waals surface area contributed by atoms with E-state index in [4.69, 9.17) is 30.8 Å². The molecule has 2 bridgehead atoms. The number of amides is 2. The number of aryl methyl sites for hydroxylation is 1. The maximum absolute atomic E-state index is 13.7. The Labute approximate surface area is 225 Å². The summed E-state index contributed by atoms with van der Waals surface area (Å²) >= 11 is 6.68. The fraction of sp³-hybridized carbons (Fsp3) is 0.407. The number of hydrogen-bond acceptors (Lipinski definition) is 8. The van der Waals surface area contributed by atoms with Gasteiger partial charge in [-0.3, -0.25) is 9.88 Å². The smallest absolute Gasteiger partial charge is 0.327 e. The Morgan fingerprint density at radius 1 is 1.24 bits per heavy atom. The molecule has 3 aromatic rings. The van der Waals surface area contributed by atoms with Gasteiger partial charge in [-0.25, -0.2) is 14.8 Å². The van der Waals surface area contributed by atoms with Gasteiger partial charge in [-0.05, 0) is 51.5 Å². The Bertz CT molecular complexity index is 1390. The zero-order valence-corrected chi connectivity index (χ0v) is 22.2. The first kappa shape index (κ1) is 24.8. The SMILES string of the molecule is Cc1cc(-c2nc3c(cc2Cl)N2CC[C@@H](C2)N3C(=O)Nc2ccnc(OC[C@H]3COC(C)(C)O3)c2)ccn1. The van der Waals surface area contributed by atoms with Crippen LogP contribution in [0.4, 0.5) is 22.0 Å².